The molecule has 1 amide bonds. The first kappa shape index (κ1) is 14.3. The van der Waals surface area contributed by atoms with E-state index in [0.717, 1.165) is 0 Å². The Morgan fingerprint density at radius 1 is 1.29 bits per heavy atom. The quantitative estimate of drug-likeness (QED) is 0.870. The number of rotatable bonds is 5. The van der Waals surface area contributed by atoms with Crippen LogP contribution in [0.3, 0.4) is 0 Å². The van der Waals surface area contributed by atoms with Crippen LogP contribution in [0.15, 0.2) is 42.6 Å². The third-order valence-electron chi connectivity index (χ3n) is 2.63. The number of nitrogens with one attached hydrogen (secondary N) is 1. The fourth-order valence-electron chi connectivity index (χ4n) is 1.66. The number of carbonyl (C=O) groups excluding carboxylic acids is 1. The van der Waals surface area contributed by atoms with Gasteiger partial charge in [-0.1, -0.05) is 0 Å². The highest BCUT2D eigenvalue weighted by Crippen LogP contribution is 2.15. The van der Waals surface area contributed by atoms with Gasteiger partial charge in [0.2, 0.25) is 5.91 Å². The zero-order valence-corrected chi connectivity index (χ0v) is 11.2. The highest BCUT2D eigenvalue weighted by Gasteiger charge is 2.05. The maximum Gasteiger partial charge on any atom is 0.230 e. The first-order valence-corrected chi connectivity index (χ1v) is 6.27. The predicted molar refractivity (Wildman–Crippen MR) is 78.5 cm³/mol. The van der Waals surface area contributed by atoms with Gasteiger partial charge in [-0.25, -0.2) is 0 Å². The topological polar surface area (TPSA) is 101 Å². The molecule has 2 rings (SSSR count). The van der Waals surface area contributed by atoms with Gasteiger partial charge in [-0.15, -0.1) is 0 Å². The summed E-state index contributed by atoms with van der Waals surface area (Å²) in [5, 5.41) is 11.2. The molecule has 1 aromatic carbocycles. The molecule has 0 unspecified atom stereocenters. The Bertz CT molecular complexity index is 645. The number of anilines is 2. The second-order valence-corrected chi connectivity index (χ2v) is 4.28. The number of hydrogen-bond acceptors (Lipinski definition) is 5. The number of benzene rings is 1. The van der Waals surface area contributed by atoms with E-state index in [1.807, 2.05) is 6.07 Å². The Morgan fingerprint density at radius 2 is 2.05 bits per heavy atom. The van der Waals surface area contributed by atoms with Crippen molar-refractivity contribution >= 4 is 17.3 Å². The maximum atomic E-state index is 11.9. The number of nitriles is 1. The number of nitrogens with two attached hydrogens (primary N) is 1. The molecule has 0 aliphatic rings. The van der Waals surface area contributed by atoms with Crippen LogP contribution >= 0.6 is 0 Å². The second-order valence-electron chi connectivity index (χ2n) is 4.28. The molecule has 1 heterocycles. The summed E-state index contributed by atoms with van der Waals surface area (Å²) in [5.41, 5.74) is 7.40. The van der Waals surface area contributed by atoms with Crippen LogP contribution in [0, 0.1) is 11.3 Å². The Hall–Kier alpha value is -3.07. The lowest BCUT2D eigenvalue weighted by atomic mass is 10.2. The average Bonchev–Trinajstić information content (AvgIpc) is 2.49. The summed E-state index contributed by atoms with van der Waals surface area (Å²) in [4.78, 5) is 15.9. The molecule has 21 heavy (non-hydrogen) atoms. The van der Waals surface area contributed by atoms with E-state index in [2.05, 4.69) is 10.3 Å². The van der Waals surface area contributed by atoms with Crippen molar-refractivity contribution in [1.29, 1.82) is 5.26 Å². The van der Waals surface area contributed by atoms with E-state index in [1.165, 1.54) is 6.20 Å². The third-order valence-corrected chi connectivity index (χ3v) is 2.63. The van der Waals surface area contributed by atoms with E-state index in [1.54, 1.807) is 36.4 Å². The Morgan fingerprint density at radius 3 is 2.67 bits per heavy atom. The minimum atomic E-state index is -0.169. The summed E-state index contributed by atoms with van der Waals surface area (Å²) in [6, 6.07) is 12.1. The number of nitrogens with zero attached hydrogens (tertiary/aromatic N) is 2. The van der Waals surface area contributed by atoms with Gasteiger partial charge in [0.05, 0.1) is 18.3 Å². The summed E-state index contributed by atoms with van der Waals surface area (Å²) >= 11 is 0. The zero-order valence-electron chi connectivity index (χ0n) is 11.2. The summed E-state index contributed by atoms with van der Waals surface area (Å²) in [6.45, 7) is -0.00544. The first-order chi connectivity index (χ1) is 10.2. The van der Waals surface area contributed by atoms with E-state index in [0.29, 0.717) is 22.8 Å². The molecule has 0 radical (unpaired) electrons. The lowest BCUT2D eigenvalue weighted by Crippen LogP contribution is -2.15. The largest absolute Gasteiger partial charge is 0.479 e. The van der Waals surface area contributed by atoms with Crippen LogP contribution in [0.1, 0.15) is 5.69 Å². The molecule has 0 spiro atoms. The molecule has 6 heteroatoms. The number of pyridine rings is 1. The smallest absolute Gasteiger partial charge is 0.230 e. The van der Waals surface area contributed by atoms with Gasteiger partial charge < -0.3 is 15.8 Å². The van der Waals surface area contributed by atoms with Crippen molar-refractivity contribution < 1.29 is 9.53 Å². The van der Waals surface area contributed by atoms with E-state index in [-0.39, 0.29) is 18.9 Å². The molecule has 2 aromatic rings. The van der Waals surface area contributed by atoms with Gasteiger partial charge in [0.1, 0.15) is 11.8 Å². The van der Waals surface area contributed by atoms with E-state index in [4.69, 9.17) is 15.7 Å². The van der Waals surface area contributed by atoms with Crippen LogP contribution in [-0.2, 0) is 11.2 Å². The lowest BCUT2D eigenvalue weighted by molar-refractivity contribution is -0.115. The first-order valence-electron chi connectivity index (χ1n) is 6.27. The maximum absolute atomic E-state index is 11.9. The molecule has 0 aliphatic heterocycles. The second kappa shape index (κ2) is 6.91. The SMILES string of the molecule is N#CCOc1ccc(NC(=O)Cc2ccc(N)cn2)cc1. The summed E-state index contributed by atoms with van der Waals surface area (Å²) in [5.74, 6) is 0.410. The van der Waals surface area contributed by atoms with Gasteiger partial charge in [0.25, 0.3) is 0 Å². The van der Waals surface area contributed by atoms with Crippen LogP contribution in [0.2, 0.25) is 0 Å². The van der Waals surface area contributed by atoms with Crippen molar-refractivity contribution in [2.45, 2.75) is 6.42 Å². The molecule has 1 aromatic heterocycles. The number of hydrogen-bond donors (Lipinski definition) is 2. The lowest BCUT2D eigenvalue weighted by Gasteiger charge is -2.06. The fourth-order valence-corrected chi connectivity index (χ4v) is 1.66. The molecule has 6 nitrogen and oxygen atoms in total. The van der Waals surface area contributed by atoms with Gasteiger partial charge in [-0.2, -0.15) is 5.26 Å². The number of amides is 1. The van der Waals surface area contributed by atoms with Gasteiger partial charge in [0, 0.05) is 11.4 Å². The highest BCUT2D eigenvalue weighted by molar-refractivity contribution is 5.92. The molecule has 0 bridgehead atoms. The summed E-state index contributed by atoms with van der Waals surface area (Å²) < 4.78 is 5.13. The number of carbonyl (C=O) groups is 1. The molecular formula is C15H14N4O2. The Labute approximate surface area is 122 Å². The minimum absolute atomic E-state index is 0.00544. The molecule has 0 atom stereocenters. The summed E-state index contributed by atoms with van der Waals surface area (Å²) in [7, 11) is 0. The van der Waals surface area contributed by atoms with Crippen molar-refractivity contribution in [1.82, 2.24) is 4.98 Å². The van der Waals surface area contributed by atoms with Gasteiger partial charge in [0.15, 0.2) is 6.61 Å². The molecule has 0 saturated carbocycles. The van der Waals surface area contributed by atoms with E-state index in [9.17, 15) is 4.79 Å². The zero-order chi connectivity index (χ0) is 15.1. The summed E-state index contributed by atoms with van der Waals surface area (Å²) in [6.07, 6.45) is 1.69. The normalized spacial score (nSPS) is 9.67. The van der Waals surface area contributed by atoms with Crippen LogP contribution in [0.5, 0.6) is 5.75 Å². The molecule has 3 N–H and O–H groups in total. The van der Waals surface area contributed by atoms with E-state index < -0.39 is 0 Å². The average molecular weight is 282 g/mol. The predicted octanol–water partition coefficient (Wildman–Crippen LogP) is 1.75. The third kappa shape index (κ3) is 4.51. The number of aromatic nitrogens is 1. The Balaban J connectivity index is 1.90. The standard InChI is InChI=1S/C15H14N4O2/c16-7-8-21-14-5-3-12(4-6-14)19-15(20)9-13-2-1-11(17)10-18-13/h1-6,10H,8-9,17H2,(H,19,20). The molecule has 0 aliphatic carbocycles. The van der Waals surface area contributed by atoms with Crippen molar-refractivity contribution in [2.75, 3.05) is 17.7 Å². The van der Waals surface area contributed by atoms with Crippen molar-refractivity contribution in [3.63, 3.8) is 0 Å². The molecule has 0 fully saturated rings. The minimum Gasteiger partial charge on any atom is -0.479 e. The fraction of sp³-hybridized carbons (Fsp3) is 0.133. The number of nitrogen functional groups attached to an aromatic ring is 1. The van der Waals surface area contributed by atoms with Gasteiger partial charge >= 0.3 is 0 Å². The number of ether oxygens (including phenoxy) is 1. The van der Waals surface area contributed by atoms with Crippen molar-refractivity contribution in [2.24, 2.45) is 0 Å². The highest BCUT2D eigenvalue weighted by atomic mass is 16.5. The van der Waals surface area contributed by atoms with Crippen LogP contribution in [-0.4, -0.2) is 17.5 Å². The Kier molecular flexibility index (Phi) is 4.72. The molecular weight excluding hydrogens is 268 g/mol. The van der Waals surface area contributed by atoms with Crippen LogP contribution < -0.4 is 15.8 Å². The van der Waals surface area contributed by atoms with Crippen LogP contribution in [0.25, 0.3) is 0 Å². The van der Waals surface area contributed by atoms with Crippen molar-refractivity contribution in [3.05, 3.63) is 48.3 Å². The van der Waals surface area contributed by atoms with Crippen LogP contribution in [0.4, 0.5) is 11.4 Å². The van der Waals surface area contributed by atoms with Gasteiger partial charge in [-0.05, 0) is 36.4 Å². The van der Waals surface area contributed by atoms with Crippen molar-refractivity contribution in [3.8, 4) is 11.8 Å². The monoisotopic (exact) mass is 282 g/mol. The van der Waals surface area contributed by atoms with E-state index >= 15 is 0 Å². The van der Waals surface area contributed by atoms with Gasteiger partial charge in [-0.3, -0.25) is 9.78 Å². The molecule has 106 valence electrons. The molecule has 0 saturated heterocycles.